The van der Waals surface area contributed by atoms with Crippen LogP contribution in [0.25, 0.3) is 50.5 Å². The van der Waals surface area contributed by atoms with Crippen LogP contribution in [0.2, 0.25) is 0 Å². The van der Waals surface area contributed by atoms with Crippen molar-refractivity contribution in [3.63, 3.8) is 0 Å². The lowest BCUT2D eigenvalue weighted by Gasteiger charge is -2.28. The fourth-order valence-corrected chi connectivity index (χ4v) is 6.18. The maximum atomic E-state index is 11.1. The lowest BCUT2D eigenvalue weighted by molar-refractivity contribution is 0.477. The number of para-hydroxylation sites is 3. The van der Waals surface area contributed by atoms with E-state index in [1.54, 1.807) is 6.07 Å². The standard InChI is InChI=1S/C41H43N3O/c1-26(2)30-17-12-19-33(41(6,7)8)38(30)44-35-20-13-18-31(37(35)43-39(44)32-16-9-10-21-36(32)45)27-14-11-15-28(24-27)34-25-29(22-23-42-34)40(3,4)5/h9-26,45H,1-8H3. The molecule has 4 nitrogen and oxygen atoms in total. The quantitative estimate of drug-likeness (QED) is 0.216. The molecule has 6 aromatic rings. The minimum absolute atomic E-state index is 0.0330. The predicted octanol–water partition coefficient (Wildman–Crippen LogP) is 10.8. The molecule has 4 aromatic carbocycles. The molecule has 0 bridgehead atoms. The van der Waals surface area contributed by atoms with E-state index in [1.165, 1.54) is 16.7 Å². The first kappa shape index (κ1) is 30.3. The van der Waals surface area contributed by atoms with Crippen molar-refractivity contribution in [3.05, 3.63) is 120 Å². The average molecular weight is 594 g/mol. The molecule has 0 saturated carbocycles. The maximum absolute atomic E-state index is 11.1. The normalized spacial score (nSPS) is 12.3. The summed E-state index contributed by atoms with van der Waals surface area (Å²) in [5, 5.41) is 11.1. The third kappa shape index (κ3) is 5.66. The van der Waals surface area contributed by atoms with Crippen LogP contribution in [0, 0.1) is 0 Å². The molecule has 1 N–H and O–H groups in total. The zero-order valence-corrected chi connectivity index (χ0v) is 27.7. The number of nitrogens with zero attached hydrogens (tertiary/aromatic N) is 3. The minimum atomic E-state index is -0.118. The molecular formula is C41H43N3O. The summed E-state index contributed by atoms with van der Waals surface area (Å²) in [6, 6.07) is 33.4. The third-order valence-corrected chi connectivity index (χ3v) is 8.65. The number of rotatable bonds is 5. The van der Waals surface area contributed by atoms with Gasteiger partial charge in [-0.2, -0.15) is 0 Å². The van der Waals surface area contributed by atoms with Crippen LogP contribution in [-0.2, 0) is 10.8 Å². The Bertz CT molecular complexity index is 2020. The van der Waals surface area contributed by atoms with Crippen LogP contribution in [0.4, 0.5) is 0 Å². The summed E-state index contributed by atoms with van der Waals surface area (Å²) in [7, 11) is 0. The first-order chi connectivity index (χ1) is 21.3. The monoisotopic (exact) mass is 593 g/mol. The van der Waals surface area contributed by atoms with Crippen molar-refractivity contribution in [2.75, 3.05) is 0 Å². The summed E-state index contributed by atoms with van der Waals surface area (Å²) in [6.45, 7) is 17.9. The summed E-state index contributed by atoms with van der Waals surface area (Å²) in [5.41, 5.74) is 11.5. The first-order valence-corrected chi connectivity index (χ1v) is 15.9. The highest BCUT2D eigenvalue weighted by atomic mass is 16.3. The summed E-state index contributed by atoms with van der Waals surface area (Å²) in [4.78, 5) is 10.1. The fourth-order valence-electron chi connectivity index (χ4n) is 6.18. The Kier molecular flexibility index (Phi) is 7.64. The van der Waals surface area contributed by atoms with Gasteiger partial charge in [0.2, 0.25) is 0 Å². The number of aromatic nitrogens is 3. The molecular weight excluding hydrogens is 550 g/mol. The highest BCUT2D eigenvalue weighted by Gasteiger charge is 2.27. The minimum Gasteiger partial charge on any atom is -0.507 e. The van der Waals surface area contributed by atoms with Gasteiger partial charge in [-0.25, -0.2) is 4.98 Å². The van der Waals surface area contributed by atoms with Crippen LogP contribution in [-0.4, -0.2) is 19.6 Å². The van der Waals surface area contributed by atoms with Gasteiger partial charge in [0.1, 0.15) is 11.6 Å². The van der Waals surface area contributed by atoms with Gasteiger partial charge in [0, 0.05) is 17.3 Å². The van der Waals surface area contributed by atoms with Crippen LogP contribution in [0.5, 0.6) is 5.75 Å². The van der Waals surface area contributed by atoms with Crippen molar-refractivity contribution in [2.45, 2.75) is 72.1 Å². The second-order valence-corrected chi connectivity index (χ2v) is 14.4. The van der Waals surface area contributed by atoms with Crippen LogP contribution >= 0.6 is 0 Å². The Labute approximate surface area is 267 Å². The molecule has 0 unspecified atom stereocenters. The zero-order chi connectivity index (χ0) is 32.1. The molecule has 2 aromatic heterocycles. The van der Waals surface area contributed by atoms with E-state index < -0.39 is 0 Å². The number of benzene rings is 4. The molecule has 0 atom stereocenters. The predicted molar refractivity (Wildman–Crippen MR) is 188 cm³/mol. The van der Waals surface area contributed by atoms with Gasteiger partial charge >= 0.3 is 0 Å². The van der Waals surface area contributed by atoms with Crippen molar-refractivity contribution < 1.29 is 5.11 Å². The Morgan fingerprint density at radius 1 is 0.689 bits per heavy atom. The lowest BCUT2D eigenvalue weighted by Crippen LogP contribution is -2.18. The average Bonchev–Trinajstić information content (AvgIpc) is 3.39. The van der Waals surface area contributed by atoms with Crippen molar-refractivity contribution in [2.24, 2.45) is 0 Å². The number of pyridine rings is 1. The number of phenolic OH excluding ortho intramolecular Hbond substituents is 1. The van der Waals surface area contributed by atoms with Gasteiger partial charge in [0.15, 0.2) is 0 Å². The molecule has 0 fully saturated rings. The highest BCUT2D eigenvalue weighted by Crippen LogP contribution is 2.42. The Morgan fingerprint density at radius 3 is 2.09 bits per heavy atom. The number of hydrogen-bond acceptors (Lipinski definition) is 3. The summed E-state index contributed by atoms with van der Waals surface area (Å²) in [5.74, 6) is 1.22. The maximum Gasteiger partial charge on any atom is 0.149 e. The molecule has 0 amide bonds. The second-order valence-electron chi connectivity index (χ2n) is 14.4. The van der Waals surface area contributed by atoms with Crippen LogP contribution in [0.3, 0.4) is 0 Å². The van der Waals surface area contributed by atoms with Gasteiger partial charge in [-0.15, -0.1) is 0 Å². The molecule has 0 saturated heterocycles. The summed E-state index contributed by atoms with van der Waals surface area (Å²) >= 11 is 0. The largest absolute Gasteiger partial charge is 0.507 e. The molecule has 4 heteroatoms. The van der Waals surface area contributed by atoms with E-state index >= 15 is 0 Å². The van der Waals surface area contributed by atoms with Crippen molar-refractivity contribution >= 4 is 11.0 Å². The number of hydrogen-bond donors (Lipinski definition) is 1. The van der Waals surface area contributed by atoms with Crippen molar-refractivity contribution in [3.8, 4) is 45.2 Å². The van der Waals surface area contributed by atoms with Gasteiger partial charge < -0.3 is 5.11 Å². The second kappa shape index (κ2) is 11.3. The van der Waals surface area contributed by atoms with Gasteiger partial charge in [0.05, 0.1) is 28.0 Å². The smallest absolute Gasteiger partial charge is 0.149 e. The molecule has 0 spiro atoms. The third-order valence-electron chi connectivity index (χ3n) is 8.65. The van der Waals surface area contributed by atoms with E-state index in [-0.39, 0.29) is 22.5 Å². The molecule has 0 radical (unpaired) electrons. The van der Waals surface area contributed by atoms with Crippen LogP contribution in [0.1, 0.15) is 78.0 Å². The van der Waals surface area contributed by atoms with E-state index in [1.807, 2.05) is 24.4 Å². The topological polar surface area (TPSA) is 50.9 Å². The fraction of sp³-hybridized carbons (Fsp3) is 0.268. The molecule has 2 heterocycles. The molecule has 6 rings (SSSR count). The Balaban J connectivity index is 1.65. The molecule has 0 aliphatic rings. The van der Waals surface area contributed by atoms with E-state index in [0.29, 0.717) is 5.56 Å². The van der Waals surface area contributed by atoms with E-state index in [2.05, 4.69) is 133 Å². The number of fused-ring (bicyclic) bond motifs is 1. The van der Waals surface area contributed by atoms with E-state index in [9.17, 15) is 5.11 Å². The van der Waals surface area contributed by atoms with E-state index in [0.717, 1.165) is 44.9 Å². The van der Waals surface area contributed by atoms with Crippen LogP contribution in [0.15, 0.2) is 103 Å². The molecule has 228 valence electrons. The molecule has 0 aliphatic heterocycles. The highest BCUT2D eigenvalue weighted by molar-refractivity contribution is 5.96. The number of aromatic hydroxyl groups is 1. The summed E-state index contributed by atoms with van der Waals surface area (Å²) in [6.07, 6.45) is 1.91. The van der Waals surface area contributed by atoms with Gasteiger partial charge in [0.25, 0.3) is 0 Å². The first-order valence-electron chi connectivity index (χ1n) is 15.9. The zero-order valence-electron chi connectivity index (χ0n) is 27.7. The molecule has 0 aliphatic carbocycles. The van der Waals surface area contributed by atoms with Crippen LogP contribution < -0.4 is 0 Å². The van der Waals surface area contributed by atoms with Crippen molar-refractivity contribution in [1.82, 2.24) is 14.5 Å². The van der Waals surface area contributed by atoms with Crippen molar-refractivity contribution in [1.29, 1.82) is 0 Å². The van der Waals surface area contributed by atoms with Gasteiger partial charge in [-0.05, 0) is 75.4 Å². The lowest BCUT2D eigenvalue weighted by atomic mass is 9.82. The Morgan fingerprint density at radius 2 is 1.38 bits per heavy atom. The summed E-state index contributed by atoms with van der Waals surface area (Å²) < 4.78 is 2.28. The molecule has 45 heavy (non-hydrogen) atoms. The van der Waals surface area contributed by atoms with Gasteiger partial charge in [-0.3, -0.25) is 9.55 Å². The van der Waals surface area contributed by atoms with E-state index in [4.69, 9.17) is 9.97 Å². The number of imidazole rings is 1. The SMILES string of the molecule is CC(C)c1cccc(C(C)(C)C)c1-n1c(-c2ccccc2O)nc2c(-c3cccc(-c4cc(C(C)(C)C)ccn4)c3)cccc21. The Hall–Kier alpha value is -4.70. The van der Waals surface area contributed by atoms with Gasteiger partial charge in [-0.1, -0.05) is 116 Å². The number of phenols is 1.